The van der Waals surface area contributed by atoms with Crippen LogP contribution in [-0.2, 0) is 16.2 Å². The molecule has 0 N–H and O–H groups in total. The molecule has 57 heavy (non-hydrogen) atoms. The first-order valence-corrected chi connectivity index (χ1v) is 20.6. The molecule has 1 aromatic heterocycles. The van der Waals surface area contributed by atoms with Gasteiger partial charge in [0, 0.05) is 45.2 Å². The zero-order valence-electron chi connectivity index (χ0n) is 34.4. The van der Waals surface area contributed by atoms with Crippen LogP contribution in [0.1, 0.15) is 100 Å². The van der Waals surface area contributed by atoms with Crippen molar-refractivity contribution in [2.75, 3.05) is 4.90 Å². The van der Waals surface area contributed by atoms with Crippen LogP contribution in [0.4, 0.5) is 17.1 Å². The Kier molecular flexibility index (Phi) is 7.87. The third-order valence-corrected chi connectivity index (χ3v) is 13.0. The first-order valence-electron chi connectivity index (χ1n) is 20.6. The fraction of sp³-hybridized carbons (Fsp3) is 0.222. The number of hydrogen-bond acceptors (Lipinski definition) is 2. The number of fused-ring (bicyclic) bond motifs is 7. The average Bonchev–Trinajstić information content (AvgIpc) is 3.56. The van der Waals surface area contributed by atoms with E-state index in [-0.39, 0.29) is 28.9 Å². The predicted octanol–water partition coefficient (Wildman–Crippen LogP) is 12.3. The lowest BCUT2D eigenvalue weighted by Crippen LogP contribution is -2.64. The largest absolute Gasteiger partial charge is 0.456 e. The Morgan fingerprint density at radius 3 is 1.77 bits per heavy atom. The molecule has 0 amide bonds. The van der Waals surface area contributed by atoms with Gasteiger partial charge in [-0.05, 0) is 85.0 Å². The zero-order chi connectivity index (χ0) is 39.4. The minimum atomic E-state index is -0.258. The summed E-state index contributed by atoms with van der Waals surface area (Å²) in [6, 6.07) is 57.1. The van der Waals surface area contributed by atoms with Gasteiger partial charge in [0.05, 0.1) is 0 Å². The van der Waals surface area contributed by atoms with Gasteiger partial charge in [0.15, 0.2) is 0 Å². The smallest absolute Gasteiger partial charge is 0.247 e. The van der Waals surface area contributed by atoms with Crippen LogP contribution >= 0.6 is 0 Å². The van der Waals surface area contributed by atoms with Crippen molar-refractivity contribution in [3.8, 4) is 0 Å². The van der Waals surface area contributed by atoms with Crippen LogP contribution in [0.25, 0.3) is 21.9 Å². The lowest BCUT2D eigenvalue weighted by Gasteiger charge is -2.46. The van der Waals surface area contributed by atoms with Crippen LogP contribution in [0.5, 0.6) is 0 Å². The molecular formula is C54H50BNO. The Labute approximate surface area is 338 Å². The van der Waals surface area contributed by atoms with E-state index in [4.69, 9.17) is 4.42 Å². The quantitative estimate of drug-likeness (QED) is 0.132. The zero-order valence-corrected chi connectivity index (χ0v) is 34.4. The standard InChI is InChI=1S/C54H50BNO/c1-52(2,3)37-23-26-39(27-24-37)56-46-33-49-41(40-21-15-16-22-48(40)57-49)32-45(46)55-44-31-38(53(4,5)6)25-28-42(44)54(7,8)43-29-36(30-47(56)51(43)55)50(34-17-11-9-12-18-34)35-19-13-10-14-20-35/h9-33,50H,1-8H3. The molecule has 0 radical (unpaired) electrons. The van der Waals surface area contributed by atoms with Gasteiger partial charge in [-0.3, -0.25) is 0 Å². The fourth-order valence-corrected chi connectivity index (χ4v) is 9.88. The van der Waals surface area contributed by atoms with Crippen molar-refractivity contribution in [3.05, 3.63) is 191 Å². The molecule has 0 saturated carbocycles. The third kappa shape index (κ3) is 5.61. The normalized spacial score (nSPS) is 14.5. The van der Waals surface area contributed by atoms with E-state index in [9.17, 15) is 0 Å². The minimum Gasteiger partial charge on any atom is -0.456 e. The molecule has 0 aliphatic carbocycles. The van der Waals surface area contributed by atoms with Crippen molar-refractivity contribution >= 4 is 62.1 Å². The van der Waals surface area contributed by atoms with E-state index in [0.717, 1.165) is 22.2 Å². The van der Waals surface area contributed by atoms with Crippen molar-refractivity contribution in [2.24, 2.45) is 0 Å². The number of nitrogens with zero attached hydrogens (tertiary/aromatic N) is 1. The molecule has 2 nitrogen and oxygen atoms in total. The Morgan fingerprint density at radius 2 is 1.12 bits per heavy atom. The second kappa shape index (κ2) is 12.6. The van der Waals surface area contributed by atoms with Crippen molar-refractivity contribution in [1.29, 1.82) is 0 Å². The van der Waals surface area contributed by atoms with Gasteiger partial charge in [-0.15, -0.1) is 0 Å². The Hall–Kier alpha value is -5.80. The Morgan fingerprint density at radius 1 is 0.509 bits per heavy atom. The summed E-state index contributed by atoms with van der Waals surface area (Å²) in [6.07, 6.45) is 0. The van der Waals surface area contributed by atoms with Crippen LogP contribution < -0.4 is 21.3 Å². The lowest BCUT2D eigenvalue weighted by atomic mass is 9.30. The summed E-state index contributed by atoms with van der Waals surface area (Å²) in [7, 11) is 0. The maximum Gasteiger partial charge on any atom is 0.247 e. The van der Waals surface area contributed by atoms with Gasteiger partial charge < -0.3 is 9.32 Å². The average molecular weight is 740 g/mol. The summed E-state index contributed by atoms with van der Waals surface area (Å²) in [4.78, 5) is 2.55. The van der Waals surface area contributed by atoms with Gasteiger partial charge in [0.2, 0.25) is 6.71 Å². The SMILES string of the molecule is CC(C)(C)c1ccc(N2c3cc4oc5ccccc5c4cc3B3c4cc(C(C)(C)C)ccc4C(C)(C)c4cc(C(c5ccccc5)c5ccccc5)cc2c43)cc1. The number of hydrogen-bond donors (Lipinski definition) is 0. The Bertz CT molecular complexity index is 2790. The maximum absolute atomic E-state index is 6.68. The lowest BCUT2D eigenvalue weighted by molar-refractivity contribution is 0.588. The Balaban J connectivity index is 1.34. The highest BCUT2D eigenvalue weighted by atomic mass is 16.3. The van der Waals surface area contributed by atoms with Gasteiger partial charge in [-0.2, -0.15) is 0 Å². The van der Waals surface area contributed by atoms with Crippen molar-refractivity contribution in [3.63, 3.8) is 0 Å². The van der Waals surface area contributed by atoms with E-state index in [1.807, 2.05) is 0 Å². The highest BCUT2D eigenvalue weighted by Crippen LogP contribution is 2.47. The second-order valence-corrected chi connectivity index (χ2v) is 19.0. The van der Waals surface area contributed by atoms with Gasteiger partial charge in [0.25, 0.3) is 0 Å². The maximum atomic E-state index is 6.68. The molecule has 0 atom stereocenters. The molecule has 280 valence electrons. The fourth-order valence-electron chi connectivity index (χ4n) is 9.88. The summed E-state index contributed by atoms with van der Waals surface area (Å²) in [5, 5.41) is 2.33. The monoisotopic (exact) mass is 739 g/mol. The predicted molar refractivity (Wildman–Crippen MR) is 243 cm³/mol. The van der Waals surface area contributed by atoms with E-state index >= 15 is 0 Å². The van der Waals surface area contributed by atoms with E-state index < -0.39 is 0 Å². The number of furan rings is 1. The molecule has 2 aliphatic rings. The number of para-hydroxylation sites is 1. The highest BCUT2D eigenvalue weighted by Gasteiger charge is 2.47. The second-order valence-electron chi connectivity index (χ2n) is 19.0. The van der Waals surface area contributed by atoms with E-state index in [2.05, 4.69) is 212 Å². The molecule has 7 aromatic carbocycles. The van der Waals surface area contributed by atoms with Crippen LogP contribution in [0.15, 0.2) is 156 Å². The first-order chi connectivity index (χ1) is 27.3. The summed E-state index contributed by atoms with van der Waals surface area (Å²) < 4.78 is 6.68. The molecule has 3 heteroatoms. The van der Waals surface area contributed by atoms with Gasteiger partial charge in [-0.25, -0.2) is 0 Å². The van der Waals surface area contributed by atoms with Crippen LogP contribution in [-0.4, -0.2) is 6.71 Å². The van der Waals surface area contributed by atoms with Crippen molar-refractivity contribution in [1.82, 2.24) is 0 Å². The highest BCUT2D eigenvalue weighted by molar-refractivity contribution is 6.99. The van der Waals surface area contributed by atoms with Crippen molar-refractivity contribution in [2.45, 2.75) is 77.6 Å². The topological polar surface area (TPSA) is 16.4 Å². The van der Waals surface area contributed by atoms with Crippen LogP contribution in [0, 0.1) is 0 Å². The van der Waals surface area contributed by atoms with Gasteiger partial charge in [0.1, 0.15) is 11.2 Å². The molecule has 0 fully saturated rings. The van der Waals surface area contributed by atoms with Crippen molar-refractivity contribution < 1.29 is 4.42 Å². The third-order valence-electron chi connectivity index (χ3n) is 13.0. The number of rotatable bonds is 4. The summed E-state index contributed by atoms with van der Waals surface area (Å²) >= 11 is 0. The van der Waals surface area contributed by atoms with Crippen LogP contribution in [0.2, 0.25) is 0 Å². The van der Waals surface area contributed by atoms with E-state index in [1.54, 1.807) is 0 Å². The van der Waals surface area contributed by atoms with E-state index in [1.165, 1.54) is 72.1 Å². The number of anilines is 3. The number of benzene rings is 7. The molecule has 2 aliphatic heterocycles. The summed E-state index contributed by atoms with van der Waals surface area (Å²) in [5.41, 5.74) is 18.7. The molecular weight excluding hydrogens is 689 g/mol. The molecule has 0 spiro atoms. The molecule has 8 aromatic rings. The molecule has 10 rings (SSSR count). The molecule has 0 saturated heterocycles. The van der Waals surface area contributed by atoms with E-state index in [0.29, 0.717) is 0 Å². The van der Waals surface area contributed by atoms with Gasteiger partial charge in [-0.1, -0.05) is 182 Å². The first kappa shape index (κ1) is 35.6. The van der Waals surface area contributed by atoms with Gasteiger partial charge >= 0.3 is 0 Å². The molecule has 0 unspecified atom stereocenters. The summed E-state index contributed by atoms with van der Waals surface area (Å²) in [5.74, 6) is 0.0530. The molecule has 0 bridgehead atoms. The van der Waals surface area contributed by atoms with Crippen LogP contribution in [0.3, 0.4) is 0 Å². The minimum absolute atomic E-state index is 0.00771. The molecule has 3 heterocycles. The summed E-state index contributed by atoms with van der Waals surface area (Å²) in [6.45, 7) is 18.8.